The summed E-state index contributed by atoms with van der Waals surface area (Å²) in [5, 5.41) is 0. The predicted molar refractivity (Wildman–Crippen MR) is 149 cm³/mol. The summed E-state index contributed by atoms with van der Waals surface area (Å²) in [6.07, 6.45) is 19.4. The van der Waals surface area contributed by atoms with Crippen molar-refractivity contribution in [2.75, 3.05) is 0 Å². The molecular formula is C33H46O2. The van der Waals surface area contributed by atoms with Gasteiger partial charge in [0.15, 0.2) is 0 Å². The summed E-state index contributed by atoms with van der Waals surface area (Å²) in [4.78, 5) is 23.6. The van der Waals surface area contributed by atoms with Gasteiger partial charge in [0, 0.05) is 16.5 Å². The second-order valence-corrected chi connectivity index (χ2v) is 10.6. The molecule has 0 spiro atoms. The van der Waals surface area contributed by atoms with Crippen LogP contribution in [0.5, 0.6) is 0 Å². The van der Waals surface area contributed by atoms with E-state index in [1.165, 1.54) is 99.3 Å². The maximum atomic E-state index is 11.8. The Morgan fingerprint density at radius 2 is 1.14 bits per heavy atom. The van der Waals surface area contributed by atoms with Gasteiger partial charge in [-0.2, -0.15) is 0 Å². The van der Waals surface area contributed by atoms with Crippen molar-refractivity contribution in [2.24, 2.45) is 5.92 Å². The van der Waals surface area contributed by atoms with Crippen molar-refractivity contribution in [3.8, 4) is 11.1 Å². The number of aldehydes is 2. The van der Waals surface area contributed by atoms with Gasteiger partial charge in [0.2, 0.25) is 0 Å². The third-order valence-corrected chi connectivity index (χ3v) is 8.38. The Labute approximate surface area is 213 Å². The van der Waals surface area contributed by atoms with Crippen LogP contribution in [-0.4, -0.2) is 12.6 Å². The van der Waals surface area contributed by atoms with Gasteiger partial charge in [0.25, 0.3) is 0 Å². The Hall–Kier alpha value is -2.22. The first-order valence-corrected chi connectivity index (χ1v) is 14.4. The Morgan fingerprint density at radius 1 is 0.657 bits per heavy atom. The lowest BCUT2D eigenvalue weighted by Gasteiger charge is -2.40. The maximum Gasteiger partial charge on any atom is 0.150 e. The third kappa shape index (κ3) is 6.13. The van der Waals surface area contributed by atoms with Crippen molar-refractivity contribution < 1.29 is 9.59 Å². The SMILES string of the molecule is CCCCCCCCC1(C(CC)CCCCCCC)c2cc(C=O)ccc2-c2ccc(C=O)cc21. The van der Waals surface area contributed by atoms with E-state index in [0.29, 0.717) is 5.92 Å². The molecule has 190 valence electrons. The van der Waals surface area contributed by atoms with Crippen LogP contribution >= 0.6 is 0 Å². The van der Waals surface area contributed by atoms with E-state index in [-0.39, 0.29) is 5.41 Å². The number of carbonyl (C=O) groups is 2. The summed E-state index contributed by atoms with van der Waals surface area (Å²) < 4.78 is 0. The first kappa shape index (κ1) is 27.4. The Bertz CT molecular complexity index is 900. The molecule has 1 unspecified atom stereocenters. The molecule has 0 radical (unpaired) electrons. The van der Waals surface area contributed by atoms with Gasteiger partial charge in [-0.3, -0.25) is 9.59 Å². The zero-order valence-electron chi connectivity index (χ0n) is 22.4. The highest BCUT2D eigenvalue weighted by Gasteiger charge is 2.47. The molecule has 1 atom stereocenters. The molecule has 2 nitrogen and oxygen atoms in total. The fourth-order valence-electron chi connectivity index (χ4n) is 6.51. The monoisotopic (exact) mass is 474 g/mol. The second kappa shape index (κ2) is 13.8. The minimum Gasteiger partial charge on any atom is -0.298 e. The molecule has 35 heavy (non-hydrogen) atoms. The molecule has 0 amide bonds. The third-order valence-electron chi connectivity index (χ3n) is 8.38. The molecule has 0 aromatic heterocycles. The molecule has 0 N–H and O–H groups in total. The molecule has 0 aliphatic heterocycles. The van der Waals surface area contributed by atoms with Crippen molar-refractivity contribution in [3.63, 3.8) is 0 Å². The number of hydrogen-bond acceptors (Lipinski definition) is 2. The molecule has 1 aliphatic carbocycles. The molecule has 0 fully saturated rings. The number of unbranched alkanes of at least 4 members (excludes halogenated alkanes) is 9. The second-order valence-electron chi connectivity index (χ2n) is 10.6. The van der Waals surface area contributed by atoms with E-state index in [9.17, 15) is 9.59 Å². The van der Waals surface area contributed by atoms with E-state index < -0.39 is 0 Å². The largest absolute Gasteiger partial charge is 0.298 e. The fourth-order valence-corrected chi connectivity index (χ4v) is 6.51. The van der Waals surface area contributed by atoms with Crippen LogP contribution in [0.1, 0.15) is 143 Å². The van der Waals surface area contributed by atoms with Crippen LogP contribution in [0.2, 0.25) is 0 Å². The van der Waals surface area contributed by atoms with Gasteiger partial charge in [-0.1, -0.05) is 122 Å². The summed E-state index contributed by atoms with van der Waals surface area (Å²) in [5.74, 6) is 0.503. The molecular weight excluding hydrogens is 428 g/mol. The topological polar surface area (TPSA) is 34.1 Å². The zero-order chi connectivity index (χ0) is 25.1. The summed E-state index contributed by atoms with van der Waals surface area (Å²) in [7, 11) is 0. The van der Waals surface area contributed by atoms with Crippen LogP contribution < -0.4 is 0 Å². The number of benzene rings is 2. The Balaban J connectivity index is 2.04. The molecule has 0 saturated heterocycles. The summed E-state index contributed by atoms with van der Waals surface area (Å²) >= 11 is 0. The van der Waals surface area contributed by atoms with E-state index >= 15 is 0 Å². The number of rotatable bonds is 17. The molecule has 0 heterocycles. The van der Waals surface area contributed by atoms with Gasteiger partial charge >= 0.3 is 0 Å². The number of carbonyl (C=O) groups excluding carboxylic acids is 2. The molecule has 0 bridgehead atoms. The highest BCUT2D eigenvalue weighted by atomic mass is 16.1. The van der Waals surface area contributed by atoms with Gasteiger partial charge in [0.1, 0.15) is 12.6 Å². The van der Waals surface area contributed by atoms with Crippen LogP contribution in [-0.2, 0) is 5.41 Å². The summed E-state index contributed by atoms with van der Waals surface area (Å²) in [6, 6.07) is 12.5. The highest BCUT2D eigenvalue weighted by Crippen LogP contribution is 2.57. The average Bonchev–Trinajstić information content (AvgIpc) is 3.17. The zero-order valence-corrected chi connectivity index (χ0v) is 22.4. The fraction of sp³-hybridized carbons (Fsp3) is 0.576. The van der Waals surface area contributed by atoms with Gasteiger partial charge in [-0.05, 0) is 53.1 Å². The lowest BCUT2D eigenvalue weighted by molar-refractivity contribution is 0.111. The number of fused-ring (bicyclic) bond motifs is 3. The van der Waals surface area contributed by atoms with Gasteiger partial charge in [-0.15, -0.1) is 0 Å². The lowest BCUT2D eigenvalue weighted by atomic mass is 9.62. The Morgan fingerprint density at radius 3 is 1.63 bits per heavy atom. The quantitative estimate of drug-likeness (QED) is 0.169. The van der Waals surface area contributed by atoms with Gasteiger partial charge in [0.05, 0.1) is 0 Å². The van der Waals surface area contributed by atoms with Crippen LogP contribution in [0.3, 0.4) is 0 Å². The summed E-state index contributed by atoms with van der Waals surface area (Å²) in [5.41, 5.74) is 6.59. The Kier molecular flexibility index (Phi) is 10.8. The van der Waals surface area contributed by atoms with Crippen molar-refractivity contribution in [1.82, 2.24) is 0 Å². The standard InChI is InChI=1S/C33H46O2/c1-4-7-9-11-13-15-21-33(28(6-3)16-14-12-10-8-5-2)31-22-26(24-34)17-19-29(31)30-20-18-27(25-35)23-32(30)33/h17-20,22-25,28H,4-16,21H2,1-3H3. The van der Waals surface area contributed by atoms with E-state index in [0.717, 1.165) is 36.5 Å². The number of hydrogen-bond donors (Lipinski definition) is 0. The molecule has 2 aromatic carbocycles. The molecule has 3 rings (SSSR count). The van der Waals surface area contributed by atoms with Crippen LogP contribution in [0.15, 0.2) is 36.4 Å². The highest BCUT2D eigenvalue weighted by molar-refractivity contribution is 5.88. The molecule has 1 aliphatic rings. The average molecular weight is 475 g/mol. The lowest BCUT2D eigenvalue weighted by Crippen LogP contribution is -2.35. The molecule has 2 heteroatoms. The minimum absolute atomic E-state index is 0.118. The van der Waals surface area contributed by atoms with Gasteiger partial charge in [-0.25, -0.2) is 0 Å². The molecule has 0 saturated carbocycles. The van der Waals surface area contributed by atoms with E-state index in [2.05, 4.69) is 45.0 Å². The van der Waals surface area contributed by atoms with Crippen molar-refractivity contribution in [1.29, 1.82) is 0 Å². The van der Waals surface area contributed by atoms with Crippen molar-refractivity contribution in [2.45, 2.75) is 116 Å². The van der Waals surface area contributed by atoms with Gasteiger partial charge < -0.3 is 0 Å². The van der Waals surface area contributed by atoms with Crippen LogP contribution in [0, 0.1) is 5.92 Å². The van der Waals surface area contributed by atoms with E-state index in [1.807, 2.05) is 12.1 Å². The minimum atomic E-state index is -0.118. The van der Waals surface area contributed by atoms with Crippen molar-refractivity contribution in [3.05, 3.63) is 58.7 Å². The first-order chi connectivity index (χ1) is 17.2. The smallest absolute Gasteiger partial charge is 0.150 e. The van der Waals surface area contributed by atoms with E-state index in [1.54, 1.807) is 0 Å². The van der Waals surface area contributed by atoms with Crippen LogP contribution in [0.25, 0.3) is 11.1 Å². The first-order valence-electron chi connectivity index (χ1n) is 14.4. The normalized spacial score (nSPS) is 14.4. The molecule has 2 aromatic rings. The predicted octanol–water partition coefficient (Wildman–Crippen LogP) is 9.72. The van der Waals surface area contributed by atoms with Crippen LogP contribution in [0.4, 0.5) is 0 Å². The van der Waals surface area contributed by atoms with Crippen molar-refractivity contribution >= 4 is 12.6 Å². The maximum absolute atomic E-state index is 11.8. The summed E-state index contributed by atoms with van der Waals surface area (Å²) in [6.45, 7) is 6.87. The van der Waals surface area contributed by atoms with E-state index in [4.69, 9.17) is 0 Å².